The van der Waals surface area contributed by atoms with E-state index in [1.807, 2.05) is 6.07 Å². The molecule has 1 aromatic carbocycles. The van der Waals surface area contributed by atoms with E-state index in [2.05, 4.69) is 29.2 Å². The largest absolute Gasteiger partial charge is 0.368 e. The maximum atomic E-state index is 9.75. The second-order valence-electron chi connectivity index (χ2n) is 4.98. The van der Waals surface area contributed by atoms with Crippen LogP contribution in [-0.4, -0.2) is 35.5 Å². The maximum Gasteiger partial charge on any atom is 0.156 e. The molecule has 0 bridgehead atoms. The maximum absolute atomic E-state index is 9.75. The molecule has 0 radical (unpaired) electrons. The summed E-state index contributed by atoms with van der Waals surface area (Å²) < 4.78 is 5.52. The van der Waals surface area contributed by atoms with E-state index < -0.39 is 6.29 Å². The van der Waals surface area contributed by atoms with Crippen molar-refractivity contribution in [3.63, 3.8) is 0 Å². The van der Waals surface area contributed by atoms with Gasteiger partial charge in [-0.2, -0.15) is 0 Å². The van der Waals surface area contributed by atoms with Crippen LogP contribution in [0.25, 0.3) is 0 Å². The van der Waals surface area contributed by atoms with Crippen LogP contribution in [0.5, 0.6) is 0 Å². The average Bonchev–Trinajstić information content (AvgIpc) is 2.73. The van der Waals surface area contributed by atoms with Gasteiger partial charge >= 0.3 is 0 Å². The Bertz CT molecular complexity index is 368. The van der Waals surface area contributed by atoms with Gasteiger partial charge in [-0.05, 0) is 24.9 Å². The van der Waals surface area contributed by atoms with E-state index in [1.54, 1.807) is 0 Å². The summed E-state index contributed by atoms with van der Waals surface area (Å²) in [6.45, 7) is 1.72. The topological polar surface area (TPSA) is 32.7 Å². The predicted octanol–water partition coefficient (Wildman–Crippen LogP) is 1.93. The molecule has 0 saturated carbocycles. The zero-order chi connectivity index (χ0) is 11.7. The van der Waals surface area contributed by atoms with Crippen molar-refractivity contribution in [1.29, 1.82) is 0 Å². The number of fused-ring (bicyclic) bond motifs is 1. The van der Waals surface area contributed by atoms with Crippen LogP contribution in [-0.2, 0) is 4.74 Å². The van der Waals surface area contributed by atoms with Gasteiger partial charge in [0, 0.05) is 12.5 Å². The number of hydrogen-bond donors (Lipinski definition) is 1. The number of aliphatic hydroxyl groups is 1. The molecule has 3 rings (SSSR count). The second-order valence-corrected chi connectivity index (χ2v) is 4.98. The molecule has 2 aliphatic heterocycles. The zero-order valence-corrected chi connectivity index (χ0v) is 9.96. The number of benzene rings is 1. The molecule has 92 valence electrons. The monoisotopic (exact) mass is 233 g/mol. The molecule has 2 fully saturated rings. The second kappa shape index (κ2) is 4.77. The van der Waals surface area contributed by atoms with Gasteiger partial charge < -0.3 is 9.84 Å². The highest BCUT2D eigenvalue weighted by molar-refractivity contribution is 5.20. The third kappa shape index (κ3) is 2.23. The number of hydrogen-bond acceptors (Lipinski definition) is 3. The molecule has 0 aromatic heterocycles. The molecule has 0 amide bonds. The van der Waals surface area contributed by atoms with Crippen LogP contribution in [0, 0.1) is 0 Å². The van der Waals surface area contributed by atoms with Gasteiger partial charge in [0.2, 0.25) is 0 Å². The highest BCUT2D eigenvalue weighted by Gasteiger charge is 2.36. The lowest BCUT2D eigenvalue weighted by Crippen LogP contribution is -2.33. The van der Waals surface area contributed by atoms with Gasteiger partial charge in [-0.3, -0.25) is 4.90 Å². The lowest BCUT2D eigenvalue weighted by molar-refractivity contribution is -0.100. The van der Waals surface area contributed by atoms with Gasteiger partial charge in [-0.15, -0.1) is 0 Å². The predicted molar refractivity (Wildman–Crippen MR) is 65.5 cm³/mol. The molecule has 3 nitrogen and oxygen atoms in total. The third-order valence-electron chi connectivity index (χ3n) is 3.93. The Labute approximate surface area is 102 Å². The first-order chi connectivity index (χ1) is 8.34. The van der Waals surface area contributed by atoms with Gasteiger partial charge in [0.1, 0.15) is 0 Å². The Morgan fingerprint density at radius 2 is 2.06 bits per heavy atom. The molecule has 2 heterocycles. The summed E-state index contributed by atoms with van der Waals surface area (Å²) in [5.74, 6) is 0. The fourth-order valence-electron chi connectivity index (χ4n) is 3.08. The van der Waals surface area contributed by atoms with Gasteiger partial charge in [0.05, 0.1) is 12.6 Å². The molecule has 2 aliphatic rings. The van der Waals surface area contributed by atoms with Gasteiger partial charge in [-0.1, -0.05) is 30.3 Å². The van der Waals surface area contributed by atoms with Crippen LogP contribution in [0.2, 0.25) is 0 Å². The van der Waals surface area contributed by atoms with Crippen molar-refractivity contribution in [2.45, 2.75) is 37.6 Å². The van der Waals surface area contributed by atoms with E-state index in [9.17, 15) is 5.11 Å². The summed E-state index contributed by atoms with van der Waals surface area (Å²) in [5.41, 5.74) is 1.30. The number of aliphatic hydroxyl groups excluding tert-OH is 1. The van der Waals surface area contributed by atoms with Crippen molar-refractivity contribution in [1.82, 2.24) is 4.90 Å². The minimum Gasteiger partial charge on any atom is -0.368 e. The van der Waals surface area contributed by atoms with Crippen molar-refractivity contribution < 1.29 is 9.84 Å². The van der Waals surface area contributed by atoms with Crippen LogP contribution in [0.15, 0.2) is 30.3 Å². The SMILES string of the molecule is O[C@H]1C[C@H]2CCCN2[C@H](c2ccccc2)CO1. The molecule has 0 unspecified atom stereocenters. The van der Waals surface area contributed by atoms with Crippen LogP contribution in [0.3, 0.4) is 0 Å². The quantitative estimate of drug-likeness (QED) is 0.804. The molecule has 2 saturated heterocycles. The van der Waals surface area contributed by atoms with Gasteiger partial charge in [-0.25, -0.2) is 0 Å². The highest BCUT2D eigenvalue weighted by atomic mass is 16.6. The Morgan fingerprint density at radius 3 is 2.88 bits per heavy atom. The van der Waals surface area contributed by atoms with Crippen LogP contribution >= 0.6 is 0 Å². The van der Waals surface area contributed by atoms with Crippen molar-refractivity contribution in [3.05, 3.63) is 35.9 Å². The Morgan fingerprint density at radius 1 is 1.24 bits per heavy atom. The number of nitrogens with zero attached hydrogens (tertiary/aromatic N) is 1. The van der Waals surface area contributed by atoms with Gasteiger partial charge in [0.25, 0.3) is 0 Å². The van der Waals surface area contributed by atoms with Crippen molar-refractivity contribution >= 4 is 0 Å². The van der Waals surface area contributed by atoms with E-state index in [0.29, 0.717) is 18.7 Å². The standard InChI is InChI=1S/C14H19NO2/c16-14-9-12-7-4-8-15(12)13(10-17-14)11-5-2-1-3-6-11/h1-3,5-6,12-14,16H,4,7-10H2/t12-,13+,14-/m1/s1. The molecule has 0 spiro atoms. The number of ether oxygens (including phenoxy) is 1. The molecule has 1 N–H and O–H groups in total. The first-order valence-corrected chi connectivity index (χ1v) is 6.45. The molecule has 0 aliphatic carbocycles. The Kier molecular flexibility index (Phi) is 3.14. The summed E-state index contributed by atoms with van der Waals surface area (Å²) in [6, 6.07) is 11.3. The minimum atomic E-state index is -0.589. The highest BCUT2D eigenvalue weighted by Crippen LogP contribution is 2.34. The lowest BCUT2D eigenvalue weighted by Gasteiger charge is -2.30. The smallest absolute Gasteiger partial charge is 0.156 e. The van der Waals surface area contributed by atoms with Crippen molar-refractivity contribution in [2.24, 2.45) is 0 Å². The summed E-state index contributed by atoms with van der Waals surface area (Å²) in [5, 5.41) is 9.75. The molecule has 1 aromatic rings. The average molecular weight is 233 g/mol. The summed E-state index contributed by atoms with van der Waals surface area (Å²) in [7, 11) is 0. The van der Waals surface area contributed by atoms with E-state index in [-0.39, 0.29) is 0 Å². The van der Waals surface area contributed by atoms with Crippen LogP contribution in [0.4, 0.5) is 0 Å². The van der Waals surface area contributed by atoms with Crippen molar-refractivity contribution in [2.75, 3.05) is 13.2 Å². The van der Waals surface area contributed by atoms with E-state index in [4.69, 9.17) is 4.74 Å². The summed E-state index contributed by atoms with van der Waals surface area (Å²) in [4.78, 5) is 2.51. The normalized spacial score (nSPS) is 34.3. The summed E-state index contributed by atoms with van der Waals surface area (Å²) in [6.07, 6.45) is 2.59. The fourth-order valence-corrected chi connectivity index (χ4v) is 3.08. The third-order valence-corrected chi connectivity index (χ3v) is 3.93. The van der Waals surface area contributed by atoms with Crippen molar-refractivity contribution in [3.8, 4) is 0 Å². The molecular formula is C14H19NO2. The lowest BCUT2D eigenvalue weighted by atomic mass is 10.0. The van der Waals surface area contributed by atoms with Crippen LogP contribution < -0.4 is 0 Å². The first kappa shape index (κ1) is 11.2. The molecular weight excluding hydrogens is 214 g/mol. The first-order valence-electron chi connectivity index (χ1n) is 6.45. The Balaban J connectivity index is 1.87. The van der Waals surface area contributed by atoms with E-state index in [0.717, 1.165) is 13.0 Å². The molecule has 17 heavy (non-hydrogen) atoms. The van der Waals surface area contributed by atoms with Crippen LogP contribution in [0.1, 0.15) is 30.9 Å². The van der Waals surface area contributed by atoms with Gasteiger partial charge in [0.15, 0.2) is 6.29 Å². The molecule has 3 atom stereocenters. The minimum absolute atomic E-state index is 0.306. The fraction of sp³-hybridized carbons (Fsp3) is 0.571. The summed E-state index contributed by atoms with van der Waals surface area (Å²) >= 11 is 0. The molecule has 3 heteroatoms. The van der Waals surface area contributed by atoms with E-state index >= 15 is 0 Å². The zero-order valence-electron chi connectivity index (χ0n) is 9.96. The van der Waals surface area contributed by atoms with E-state index in [1.165, 1.54) is 18.4 Å². The Hall–Kier alpha value is -0.900. The number of rotatable bonds is 1.